The molecule has 1 fully saturated rings. The number of aliphatic carboxylic acids is 1. The van der Waals surface area contributed by atoms with Crippen LogP contribution in [0.4, 0.5) is 0 Å². The highest BCUT2D eigenvalue weighted by atomic mass is 35.5. The smallest absolute Gasteiger partial charge is 0.330 e. The number of pyridine rings is 1. The van der Waals surface area contributed by atoms with Crippen molar-refractivity contribution in [3.05, 3.63) is 33.7 Å². The number of halogens is 1. The van der Waals surface area contributed by atoms with Crippen LogP contribution in [0.15, 0.2) is 23.0 Å². The molecule has 0 amide bonds. The van der Waals surface area contributed by atoms with Crippen molar-refractivity contribution in [2.45, 2.75) is 18.4 Å². The van der Waals surface area contributed by atoms with Crippen LogP contribution in [0.3, 0.4) is 0 Å². The minimum atomic E-state index is -1.09. The van der Waals surface area contributed by atoms with Crippen LogP contribution < -0.4 is 5.56 Å². The summed E-state index contributed by atoms with van der Waals surface area (Å²) in [5.41, 5.74) is -1.45. The maximum Gasteiger partial charge on any atom is 0.330 e. The van der Waals surface area contributed by atoms with Gasteiger partial charge in [0.15, 0.2) is 0 Å². The highest BCUT2D eigenvalue weighted by molar-refractivity contribution is 6.29. The van der Waals surface area contributed by atoms with Crippen LogP contribution in [0.25, 0.3) is 0 Å². The number of carbonyl (C=O) groups is 1. The molecule has 1 aromatic rings. The van der Waals surface area contributed by atoms with E-state index in [4.69, 9.17) is 16.7 Å². The Bertz CT molecular complexity index is 448. The van der Waals surface area contributed by atoms with Gasteiger partial charge in [-0.3, -0.25) is 9.36 Å². The Morgan fingerprint density at radius 3 is 2.57 bits per heavy atom. The van der Waals surface area contributed by atoms with Crippen molar-refractivity contribution in [3.63, 3.8) is 0 Å². The second-order valence-corrected chi connectivity index (χ2v) is 3.75. The van der Waals surface area contributed by atoms with E-state index in [1.807, 2.05) is 0 Å². The van der Waals surface area contributed by atoms with E-state index in [1.165, 1.54) is 18.2 Å². The van der Waals surface area contributed by atoms with Gasteiger partial charge in [0.1, 0.15) is 10.7 Å². The first-order chi connectivity index (χ1) is 6.58. The third kappa shape index (κ3) is 1.14. The highest BCUT2D eigenvalue weighted by Crippen LogP contribution is 2.44. The molecule has 1 aromatic heterocycles. The fourth-order valence-electron chi connectivity index (χ4n) is 1.53. The molecule has 0 atom stereocenters. The lowest BCUT2D eigenvalue weighted by Gasteiger charge is -2.14. The third-order valence-electron chi connectivity index (χ3n) is 2.46. The fourth-order valence-corrected chi connectivity index (χ4v) is 1.85. The fraction of sp³-hybridized carbons (Fsp3) is 0.333. The molecule has 0 spiro atoms. The lowest BCUT2D eigenvalue weighted by Crippen LogP contribution is -2.36. The number of hydrogen-bond donors (Lipinski definition) is 1. The number of carboxylic acids is 1. The average molecular weight is 214 g/mol. The molecule has 0 unspecified atom stereocenters. The molecule has 74 valence electrons. The standard InChI is InChI=1S/C9H8ClNO3/c10-6-2-1-3-7(12)11(6)9(4-5-9)8(13)14/h1-3H,4-5H2,(H,13,14). The van der Waals surface area contributed by atoms with Crippen molar-refractivity contribution < 1.29 is 9.90 Å². The molecule has 0 bridgehead atoms. The molecule has 1 aliphatic rings. The predicted molar refractivity (Wildman–Crippen MR) is 50.6 cm³/mol. The van der Waals surface area contributed by atoms with Gasteiger partial charge in [0.25, 0.3) is 5.56 Å². The Morgan fingerprint density at radius 2 is 2.14 bits per heavy atom. The van der Waals surface area contributed by atoms with E-state index in [0.717, 1.165) is 4.57 Å². The van der Waals surface area contributed by atoms with Gasteiger partial charge in [-0.25, -0.2) is 4.79 Å². The van der Waals surface area contributed by atoms with Gasteiger partial charge in [0.2, 0.25) is 0 Å². The first-order valence-electron chi connectivity index (χ1n) is 4.19. The SMILES string of the molecule is O=C(O)C1(n2c(Cl)cccc2=O)CC1. The van der Waals surface area contributed by atoms with Gasteiger partial charge in [0, 0.05) is 6.07 Å². The second kappa shape index (κ2) is 2.85. The first kappa shape index (κ1) is 9.27. The molecular formula is C9H8ClNO3. The lowest BCUT2D eigenvalue weighted by atomic mass is 10.2. The van der Waals surface area contributed by atoms with Gasteiger partial charge in [-0.15, -0.1) is 0 Å². The molecule has 0 aromatic carbocycles. The quantitative estimate of drug-likeness (QED) is 0.748. The van der Waals surface area contributed by atoms with Crippen LogP contribution in [0.5, 0.6) is 0 Å². The molecule has 1 saturated carbocycles. The Hall–Kier alpha value is -1.29. The van der Waals surface area contributed by atoms with Crippen molar-refractivity contribution >= 4 is 17.6 Å². The van der Waals surface area contributed by atoms with E-state index in [0.29, 0.717) is 12.8 Å². The maximum atomic E-state index is 11.4. The summed E-state index contributed by atoms with van der Waals surface area (Å²) in [4.78, 5) is 22.4. The van der Waals surface area contributed by atoms with Crippen molar-refractivity contribution in [2.75, 3.05) is 0 Å². The largest absolute Gasteiger partial charge is 0.479 e. The van der Waals surface area contributed by atoms with Crippen LogP contribution in [0.2, 0.25) is 5.15 Å². The predicted octanol–water partition coefficient (Wildman–Crippen LogP) is 1.08. The Labute approximate surface area is 84.7 Å². The Kier molecular flexibility index (Phi) is 1.89. The van der Waals surface area contributed by atoms with Gasteiger partial charge in [-0.1, -0.05) is 17.7 Å². The molecule has 0 saturated heterocycles. The highest BCUT2D eigenvalue weighted by Gasteiger charge is 2.53. The summed E-state index contributed by atoms with van der Waals surface area (Å²) >= 11 is 5.80. The molecule has 4 nitrogen and oxygen atoms in total. The van der Waals surface area contributed by atoms with E-state index >= 15 is 0 Å². The maximum absolute atomic E-state index is 11.4. The average Bonchev–Trinajstić information content (AvgIpc) is 2.85. The van der Waals surface area contributed by atoms with Crippen LogP contribution in [0, 0.1) is 0 Å². The van der Waals surface area contributed by atoms with Crippen LogP contribution in [-0.2, 0) is 10.3 Å². The summed E-state index contributed by atoms with van der Waals surface area (Å²) in [5, 5.41) is 9.17. The molecule has 5 heteroatoms. The van der Waals surface area contributed by atoms with E-state index in [2.05, 4.69) is 0 Å². The number of carboxylic acid groups (broad SMARTS) is 1. The first-order valence-corrected chi connectivity index (χ1v) is 4.57. The minimum Gasteiger partial charge on any atom is -0.479 e. The summed E-state index contributed by atoms with van der Waals surface area (Å²) in [5.74, 6) is -0.993. The van der Waals surface area contributed by atoms with Crippen LogP contribution in [0.1, 0.15) is 12.8 Å². The van der Waals surface area contributed by atoms with Crippen molar-refractivity contribution in [1.82, 2.24) is 4.57 Å². The van der Waals surface area contributed by atoms with E-state index in [9.17, 15) is 9.59 Å². The molecule has 14 heavy (non-hydrogen) atoms. The molecule has 1 heterocycles. The van der Waals surface area contributed by atoms with E-state index in [1.54, 1.807) is 0 Å². The van der Waals surface area contributed by atoms with Crippen molar-refractivity contribution in [3.8, 4) is 0 Å². The zero-order valence-corrected chi connectivity index (χ0v) is 7.99. The minimum absolute atomic E-state index is 0.178. The summed E-state index contributed by atoms with van der Waals surface area (Å²) in [6.45, 7) is 0. The lowest BCUT2D eigenvalue weighted by molar-refractivity contribution is -0.142. The molecular weight excluding hydrogens is 206 g/mol. The number of nitrogens with zero attached hydrogens (tertiary/aromatic N) is 1. The summed E-state index contributed by atoms with van der Waals surface area (Å²) in [7, 11) is 0. The number of hydrogen-bond acceptors (Lipinski definition) is 2. The summed E-state index contributed by atoms with van der Waals surface area (Å²) in [6, 6.07) is 4.35. The molecule has 1 aliphatic carbocycles. The van der Waals surface area contributed by atoms with Gasteiger partial charge in [-0.05, 0) is 18.9 Å². The topological polar surface area (TPSA) is 59.3 Å². The van der Waals surface area contributed by atoms with Gasteiger partial charge in [-0.2, -0.15) is 0 Å². The van der Waals surface area contributed by atoms with Gasteiger partial charge >= 0.3 is 5.97 Å². The molecule has 2 rings (SSSR count). The van der Waals surface area contributed by atoms with E-state index in [-0.39, 0.29) is 10.7 Å². The third-order valence-corrected chi connectivity index (χ3v) is 2.75. The van der Waals surface area contributed by atoms with Crippen molar-refractivity contribution in [2.24, 2.45) is 0 Å². The molecule has 1 N–H and O–H groups in total. The normalized spacial score (nSPS) is 17.8. The summed E-state index contributed by atoms with van der Waals surface area (Å²) in [6.07, 6.45) is 0.929. The van der Waals surface area contributed by atoms with Crippen LogP contribution in [-0.4, -0.2) is 15.6 Å². The second-order valence-electron chi connectivity index (χ2n) is 3.36. The summed E-state index contributed by atoms with van der Waals surface area (Å²) < 4.78 is 1.15. The molecule has 0 radical (unpaired) electrons. The van der Waals surface area contributed by atoms with Crippen molar-refractivity contribution in [1.29, 1.82) is 0 Å². The van der Waals surface area contributed by atoms with E-state index < -0.39 is 11.5 Å². The van der Waals surface area contributed by atoms with Gasteiger partial charge in [0.05, 0.1) is 0 Å². The Morgan fingerprint density at radius 1 is 1.50 bits per heavy atom. The number of rotatable bonds is 2. The zero-order valence-electron chi connectivity index (χ0n) is 7.24. The molecule has 0 aliphatic heterocycles. The monoisotopic (exact) mass is 213 g/mol. The Balaban J connectivity index is 2.63. The van der Waals surface area contributed by atoms with Gasteiger partial charge < -0.3 is 5.11 Å². The van der Waals surface area contributed by atoms with Crippen LogP contribution >= 0.6 is 11.6 Å². The number of aromatic nitrogens is 1. The zero-order chi connectivity index (χ0) is 10.3.